The van der Waals surface area contributed by atoms with E-state index in [1.165, 1.54) is 12.4 Å². The van der Waals surface area contributed by atoms with Crippen LogP contribution in [-0.4, -0.2) is 36.3 Å². The van der Waals surface area contributed by atoms with Crippen molar-refractivity contribution in [1.82, 2.24) is 15.3 Å². The fraction of sp³-hybridized carbons (Fsp3) is 0.391. The van der Waals surface area contributed by atoms with E-state index in [0.29, 0.717) is 28.9 Å². The summed E-state index contributed by atoms with van der Waals surface area (Å²) in [6.45, 7) is 1.83. The van der Waals surface area contributed by atoms with Crippen molar-refractivity contribution in [3.05, 3.63) is 58.6 Å². The Bertz CT molecular complexity index is 943. The molecule has 2 aromatic rings. The maximum Gasteiger partial charge on any atom is 0.165 e. The monoisotopic (exact) mass is 446 g/mol. The van der Waals surface area contributed by atoms with E-state index in [4.69, 9.17) is 21.1 Å². The topological polar surface area (TPSA) is 68.3 Å². The highest BCUT2D eigenvalue weighted by molar-refractivity contribution is 6.31. The first-order valence-electron chi connectivity index (χ1n) is 10.3. The first kappa shape index (κ1) is 23.0. The van der Waals surface area contributed by atoms with Crippen molar-refractivity contribution >= 4 is 35.3 Å². The molecule has 1 aliphatic rings. The Balaban J connectivity index is 1.85. The number of rotatable bonds is 8. The van der Waals surface area contributed by atoms with Gasteiger partial charge in [-0.05, 0) is 57.9 Å². The van der Waals surface area contributed by atoms with Gasteiger partial charge in [-0.3, -0.25) is 0 Å². The quantitative estimate of drug-likeness (QED) is 0.519. The lowest BCUT2D eigenvalue weighted by Gasteiger charge is -2.27. The van der Waals surface area contributed by atoms with Gasteiger partial charge in [0.05, 0.1) is 41.6 Å². The first-order chi connectivity index (χ1) is 15.0. The maximum absolute atomic E-state index is 14.4. The van der Waals surface area contributed by atoms with Crippen molar-refractivity contribution in [3.8, 4) is 0 Å². The number of ether oxygens (including phenoxy) is 2. The van der Waals surface area contributed by atoms with Gasteiger partial charge in [0.1, 0.15) is 12.1 Å². The minimum absolute atomic E-state index is 0.0343. The Morgan fingerprint density at radius 1 is 1.23 bits per heavy atom. The number of aromatic nitrogens is 2. The van der Waals surface area contributed by atoms with E-state index in [1.807, 2.05) is 14.0 Å². The van der Waals surface area contributed by atoms with Crippen LogP contribution in [-0.2, 0) is 9.47 Å². The lowest BCUT2D eigenvalue weighted by atomic mass is 9.93. The fourth-order valence-corrected chi connectivity index (χ4v) is 3.65. The van der Waals surface area contributed by atoms with Crippen LogP contribution in [0.3, 0.4) is 0 Å². The Morgan fingerprint density at radius 3 is 2.71 bits per heavy atom. The van der Waals surface area contributed by atoms with E-state index in [9.17, 15) is 4.39 Å². The maximum atomic E-state index is 14.4. The number of halogens is 2. The summed E-state index contributed by atoms with van der Waals surface area (Å²) in [5.41, 5.74) is 1.51. The second kappa shape index (κ2) is 11.1. The van der Waals surface area contributed by atoms with Crippen molar-refractivity contribution < 1.29 is 13.9 Å². The van der Waals surface area contributed by atoms with E-state index in [1.54, 1.807) is 37.7 Å². The van der Waals surface area contributed by atoms with Crippen LogP contribution in [0.5, 0.6) is 0 Å². The van der Waals surface area contributed by atoms with Gasteiger partial charge in [0, 0.05) is 17.7 Å². The molecule has 1 aromatic carbocycles. The second-order valence-electron chi connectivity index (χ2n) is 7.41. The van der Waals surface area contributed by atoms with Gasteiger partial charge in [-0.2, -0.15) is 0 Å². The second-order valence-corrected chi connectivity index (χ2v) is 7.82. The van der Waals surface area contributed by atoms with Crippen molar-refractivity contribution in [2.24, 2.45) is 0 Å². The fourth-order valence-electron chi connectivity index (χ4n) is 3.47. The largest absolute Gasteiger partial charge is 0.501 e. The van der Waals surface area contributed by atoms with Gasteiger partial charge < -0.3 is 20.1 Å². The molecule has 0 bridgehead atoms. The van der Waals surface area contributed by atoms with E-state index in [2.05, 4.69) is 20.6 Å². The van der Waals surface area contributed by atoms with Gasteiger partial charge >= 0.3 is 0 Å². The lowest BCUT2D eigenvalue weighted by molar-refractivity contribution is 0.0977. The number of benzene rings is 1. The predicted molar refractivity (Wildman–Crippen MR) is 123 cm³/mol. The average Bonchev–Trinajstić information content (AvgIpc) is 2.78. The van der Waals surface area contributed by atoms with E-state index >= 15 is 0 Å². The molecular formula is C23H28ClFN4O2. The lowest BCUT2D eigenvalue weighted by Crippen LogP contribution is -2.32. The molecule has 0 spiro atoms. The first-order valence-corrected chi connectivity index (χ1v) is 10.7. The third kappa shape index (κ3) is 6.18. The number of hydrogen-bond donors (Lipinski definition) is 2. The molecule has 8 heteroatoms. The molecule has 1 saturated carbocycles. The molecular weight excluding hydrogens is 419 g/mol. The molecule has 0 aliphatic heterocycles. The molecule has 3 rings (SSSR count). The minimum atomic E-state index is -0.541. The SMILES string of the molecule is CNC1CCC(O/C=C/c2c(/C=C(\C)OC)ncnc2Nc2cccc(Cl)c2F)CC1. The molecule has 1 fully saturated rings. The molecule has 2 N–H and O–H groups in total. The molecule has 1 aliphatic carbocycles. The number of nitrogens with one attached hydrogen (secondary N) is 2. The smallest absolute Gasteiger partial charge is 0.165 e. The number of hydrogen-bond acceptors (Lipinski definition) is 6. The average molecular weight is 447 g/mol. The van der Waals surface area contributed by atoms with Gasteiger partial charge in [0.2, 0.25) is 0 Å². The number of anilines is 2. The third-order valence-corrected chi connectivity index (χ3v) is 5.66. The summed E-state index contributed by atoms with van der Waals surface area (Å²) in [6, 6.07) is 5.33. The Hall–Kier alpha value is -2.64. The number of methoxy groups -OCH3 is 1. The molecule has 0 amide bonds. The zero-order chi connectivity index (χ0) is 22.2. The summed E-state index contributed by atoms with van der Waals surface area (Å²) < 4.78 is 25.7. The predicted octanol–water partition coefficient (Wildman–Crippen LogP) is 5.54. The molecule has 1 aromatic heterocycles. The van der Waals surface area contributed by atoms with Gasteiger partial charge in [-0.25, -0.2) is 14.4 Å². The molecule has 0 atom stereocenters. The normalized spacial score (nSPS) is 19.5. The van der Waals surface area contributed by atoms with Gasteiger partial charge in [0.15, 0.2) is 5.82 Å². The minimum Gasteiger partial charge on any atom is -0.501 e. The van der Waals surface area contributed by atoms with Crippen LogP contribution in [0.2, 0.25) is 5.02 Å². The molecule has 6 nitrogen and oxygen atoms in total. The zero-order valence-electron chi connectivity index (χ0n) is 18.0. The van der Waals surface area contributed by atoms with Crippen LogP contribution < -0.4 is 10.6 Å². The van der Waals surface area contributed by atoms with Gasteiger partial charge in [0.25, 0.3) is 0 Å². The van der Waals surface area contributed by atoms with Crippen LogP contribution in [0, 0.1) is 5.82 Å². The zero-order valence-corrected chi connectivity index (χ0v) is 18.7. The van der Waals surface area contributed by atoms with Crippen LogP contribution in [0.4, 0.5) is 15.9 Å². The molecule has 31 heavy (non-hydrogen) atoms. The number of allylic oxidation sites excluding steroid dienone is 1. The van der Waals surface area contributed by atoms with Crippen molar-refractivity contribution in [2.75, 3.05) is 19.5 Å². The molecule has 0 unspecified atom stereocenters. The van der Waals surface area contributed by atoms with Gasteiger partial charge in [-0.15, -0.1) is 0 Å². The summed E-state index contributed by atoms with van der Waals surface area (Å²) in [6.07, 6.45) is 11.0. The Morgan fingerprint density at radius 2 is 2.00 bits per heavy atom. The van der Waals surface area contributed by atoms with Crippen molar-refractivity contribution in [1.29, 1.82) is 0 Å². The Kier molecular flexibility index (Phi) is 8.26. The van der Waals surface area contributed by atoms with E-state index in [-0.39, 0.29) is 16.8 Å². The van der Waals surface area contributed by atoms with E-state index in [0.717, 1.165) is 25.7 Å². The standard InChI is InChI=1S/C23H28ClFN4O2/c1-15(30-3)13-21-18(11-12-31-17-9-7-16(26-2)8-10-17)23(28-14-27-21)29-20-6-4-5-19(24)22(20)25/h4-6,11-14,16-17,26H,7-10H2,1-3H3,(H,27,28,29)/b12-11+,15-13+. The molecule has 166 valence electrons. The summed E-state index contributed by atoms with van der Waals surface area (Å²) in [5, 5.41) is 6.37. The van der Waals surface area contributed by atoms with Crippen molar-refractivity contribution in [2.45, 2.75) is 44.8 Å². The highest BCUT2D eigenvalue weighted by Crippen LogP contribution is 2.28. The third-order valence-electron chi connectivity index (χ3n) is 5.37. The number of nitrogens with zero attached hydrogens (tertiary/aromatic N) is 2. The van der Waals surface area contributed by atoms with Crippen molar-refractivity contribution in [3.63, 3.8) is 0 Å². The summed E-state index contributed by atoms with van der Waals surface area (Å²) >= 11 is 5.92. The molecule has 0 radical (unpaired) electrons. The van der Waals surface area contributed by atoms with E-state index < -0.39 is 5.82 Å². The van der Waals surface area contributed by atoms with Crippen LogP contribution >= 0.6 is 11.6 Å². The summed E-state index contributed by atoms with van der Waals surface area (Å²) in [5.74, 6) is 0.574. The van der Waals surface area contributed by atoms with Gasteiger partial charge in [-0.1, -0.05) is 17.7 Å². The van der Waals surface area contributed by atoms with Crippen LogP contribution in [0.1, 0.15) is 43.9 Å². The summed E-state index contributed by atoms with van der Waals surface area (Å²) in [7, 11) is 3.59. The highest BCUT2D eigenvalue weighted by Gasteiger charge is 2.20. The molecule has 0 saturated heterocycles. The van der Waals surface area contributed by atoms with Crippen LogP contribution in [0.15, 0.2) is 36.5 Å². The Labute approximate surface area is 187 Å². The molecule has 1 heterocycles. The summed E-state index contributed by atoms with van der Waals surface area (Å²) in [4.78, 5) is 8.66. The highest BCUT2D eigenvalue weighted by atomic mass is 35.5. The van der Waals surface area contributed by atoms with Crippen LogP contribution in [0.25, 0.3) is 12.2 Å².